The Morgan fingerprint density at radius 2 is 2.56 bits per heavy atom. The fraction of sp³-hybridized carbons (Fsp3) is 0.333. The molecule has 3 N–H and O–H groups in total. The van der Waals surface area contributed by atoms with Crippen LogP contribution in [0.15, 0.2) is 17.3 Å². The Bertz CT molecular complexity index is 179. The van der Waals surface area contributed by atoms with Gasteiger partial charge in [0.25, 0.3) is 0 Å². The predicted molar refractivity (Wildman–Crippen MR) is 37.7 cm³/mol. The van der Waals surface area contributed by atoms with E-state index >= 15 is 0 Å². The molecule has 0 aliphatic carbocycles. The van der Waals surface area contributed by atoms with Crippen LogP contribution in [0.3, 0.4) is 0 Å². The van der Waals surface area contributed by atoms with Gasteiger partial charge in [-0.15, -0.1) is 0 Å². The highest BCUT2D eigenvalue weighted by Gasteiger charge is 2.02. The average molecular weight is 123 g/mol. The summed E-state index contributed by atoms with van der Waals surface area (Å²) < 4.78 is 0. The zero-order valence-electron chi connectivity index (χ0n) is 5.09. The molecule has 3 nitrogen and oxygen atoms in total. The summed E-state index contributed by atoms with van der Waals surface area (Å²) in [5.74, 6) is 0.0966. The molecule has 1 aliphatic heterocycles. The molecule has 0 aromatic heterocycles. The maximum atomic E-state index is 7.00. The van der Waals surface area contributed by atoms with Gasteiger partial charge in [0, 0.05) is 6.20 Å². The largest absolute Gasteiger partial charge is 0.383 e. The molecule has 1 aliphatic rings. The minimum atomic E-state index is 0.0966. The topological polar surface area (TPSA) is 62.2 Å². The van der Waals surface area contributed by atoms with Gasteiger partial charge < -0.3 is 5.73 Å². The van der Waals surface area contributed by atoms with Crippen molar-refractivity contribution in [2.75, 3.05) is 0 Å². The van der Waals surface area contributed by atoms with Crippen molar-refractivity contribution in [2.45, 2.75) is 12.8 Å². The lowest BCUT2D eigenvalue weighted by molar-refractivity contribution is 1.07. The monoisotopic (exact) mass is 123 g/mol. The van der Waals surface area contributed by atoms with Crippen molar-refractivity contribution in [1.82, 2.24) is 0 Å². The quantitative estimate of drug-likeness (QED) is 0.390. The van der Waals surface area contributed by atoms with Crippen LogP contribution in [0, 0.1) is 5.41 Å². The van der Waals surface area contributed by atoms with Crippen molar-refractivity contribution in [2.24, 2.45) is 10.7 Å². The van der Waals surface area contributed by atoms with Gasteiger partial charge in [-0.3, -0.25) is 10.4 Å². The number of nitrogens with two attached hydrogens (primary N) is 1. The highest BCUT2D eigenvalue weighted by molar-refractivity contribution is 6.39. The Morgan fingerprint density at radius 1 is 1.78 bits per heavy atom. The molecule has 9 heavy (non-hydrogen) atoms. The lowest BCUT2D eigenvalue weighted by Crippen LogP contribution is -2.22. The third-order valence-electron chi connectivity index (χ3n) is 1.19. The third-order valence-corrected chi connectivity index (χ3v) is 1.19. The van der Waals surface area contributed by atoms with Crippen LogP contribution in [0.25, 0.3) is 0 Å². The van der Waals surface area contributed by atoms with E-state index in [0.29, 0.717) is 5.71 Å². The second-order valence-electron chi connectivity index (χ2n) is 1.91. The molecule has 0 saturated carbocycles. The first kappa shape index (κ1) is 6.01. The van der Waals surface area contributed by atoms with E-state index in [1.165, 1.54) is 0 Å². The molecule has 1 rings (SSSR count). The first-order valence-electron chi connectivity index (χ1n) is 2.87. The van der Waals surface area contributed by atoms with E-state index in [-0.39, 0.29) is 5.84 Å². The van der Waals surface area contributed by atoms with Crippen LogP contribution >= 0.6 is 0 Å². The third kappa shape index (κ3) is 1.38. The SMILES string of the molecule is N=C(N)C1=NC=CCC1. The van der Waals surface area contributed by atoms with E-state index in [9.17, 15) is 0 Å². The van der Waals surface area contributed by atoms with Crippen LogP contribution in [0.1, 0.15) is 12.8 Å². The summed E-state index contributed by atoms with van der Waals surface area (Å²) >= 11 is 0. The van der Waals surface area contributed by atoms with Gasteiger partial charge in [-0.05, 0) is 12.8 Å². The van der Waals surface area contributed by atoms with Gasteiger partial charge in [0.2, 0.25) is 0 Å². The van der Waals surface area contributed by atoms with E-state index < -0.39 is 0 Å². The number of nitrogens with one attached hydrogen (secondary N) is 1. The Labute approximate surface area is 53.8 Å². The molecule has 0 fully saturated rings. The van der Waals surface area contributed by atoms with Gasteiger partial charge in [-0.25, -0.2) is 0 Å². The summed E-state index contributed by atoms with van der Waals surface area (Å²) in [6.45, 7) is 0. The van der Waals surface area contributed by atoms with Gasteiger partial charge in [-0.2, -0.15) is 0 Å². The molecular formula is C6H9N3. The molecule has 0 radical (unpaired) electrons. The summed E-state index contributed by atoms with van der Waals surface area (Å²) in [6.07, 6.45) is 5.43. The van der Waals surface area contributed by atoms with Crippen LogP contribution in [0.2, 0.25) is 0 Å². The van der Waals surface area contributed by atoms with E-state index in [1.807, 2.05) is 6.08 Å². The van der Waals surface area contributed by atoms with Crippen molar-refractivity contribution in [1.29, 1.82) is 5.41 Å². The summed E-state index contributed by atoms with van der Waals surface area (Å²) in [6, 6.07) is 0. The Balaban J connectivity index is 2.68. The van der Waals surface area contributed by atoms with Gasteiger partial charge in [-0.1, -0.05) is 6.08 Å². The van der Waals surface area contributed by atoms with Crippen LogP contribution in [-0.2, 0) is 0 Å². The summed E-state index contributed by atoms with van der Waals surface area (Å²) in [4.78, 5) is 3.92. The second-order valence-corrected chi connectivity index (χ2v) is 1.91. The normalized spacial score (nSPS) is 17.1. The molecule has 0 saturated heterocycles. The maximum absolute atomic E-state index is 7.00. The van der Waals surface area contributed by atoms with E-state index in [2.05, 4.69) is 4.99 Å². The van der Waals surface area contributed by atoms with Crippen LogP contribution in [0.5, 0.6) is 0 Å². The number of hydrogen-bond donors (Lipinski definition) is 2. The zero-order valence-corrected chi connectivity index (χ0v) is 5.09. The molecule has 0 aromatic rings. The number of hydrogen-bond acceptors (Lipinski definition) is 2. The van der Waals surface area contributed by atoms with Crippen LogP contribution in [-0.4, -0.2) is 11.5 Å². The highest BCUT2D eigenvalue weighted by Crippen LogP contribution is 2.01. The molecule has 3 heteroatoms. The first-order valence-corrected chi connectivity index (χ1v) is 2.87. The summed E-state index contributed by atoms with van der Waals surface area (Å²) in [5, 5.41) is 7.00. The van der Waals surface area contributed by atoms with Crippen molar-refractivity contribution in [3.8, 4) is 0 Å². The predicted octanol–water partition coefficient (Wildman–Crippen LogP) is 0.671. The van der Waals surface area contributed by atoms with Crippen LogP contribution < -0.4 is 5.73 Å². The molecule has 0 spiro atoms. The average Bonchev–Trinajstić information content (AvgIpc) is 1.90. The standard InChI is InChI=1S/C6H9N3/c7-6(8)5-3-1-2-4-9-5/h2,4H,1,3H2,(H3,7,8). The van der Waals surface area contributed by atoms with E-state index in [4.69, 9.17) is 11.1 Å². The second kappa shape index (κ2) is 2.44. The number of amidine groups is 1. The molecule has 0 atom stereocenters. The fourth-order valence-corrected chi connectivity index (χ4v) is 0.706. The molecule has 0 bridgehead atoms. The van der Waals surface area contributed by atoms with Gasteiger partial charge in [0.15, 0.2) is 0 Å². The van der Waals surface area contributed by atoms with Crippen molar-refractivity contribution >= 4 is 11.5 Å². The number of rotatable bonds is 1. The van der Waals surface area contributed by atoms with Gasteiger partial charge in [0.05, 0.1) is 5.71 Å². The maximum Gasteiger partial charge on any atom is 0.137 e. The molecule has 48 valence electrons. The van der Waals surface area contributed by atoms with Crippen molar-refractivity contribution < 1.29 is 0 Å². The lowest BCUT2D eigenvalue weighted by atomic mass is 10.1. The summed E-state index contributed by atoms with van der Waals surface area (Å²) in [5.41, 5.74) is 5.89. The Hall–Kier alpha value is -1.12. The van der Waals surface area contributed by atoms with Gasteiger partial charge in [0.1, 0.15) is 5.84 Å². The molecule has 1 heterocycles. The van der Waals surface area contributed by atoms with Gasteiger partial charge >= 0.3 is 0 Å². The number of allylic oxidation sites excluding steroid dienone is 1. The molecule has 0 amide bonds. The molecule has 0 aromatic carbocycles. The van der Waals surface area contributed by atoms with E-state index in [0.717, 1.165) is 12.8 Å². The Kier molecular flexibility index (Phi) is 1.63. The summed E-state index contributed by atoms with van der Waals surface area (Å²) in [7, 11) is 0. The Morgan fingerprint density at radius 3 is 2.89 bits per heavy atom. The molecule has 0 unspecified atom stereocenters. The lowest BCUT2D eigenvalue weighted by Gasteiger charge is -2.03. The minimum Gasteiger partial charge on any atom is -0.383 e. The molecular weight excluding hydrogens is 114 g/mol. The van der Waals surface area contributed by atoms with E-state index in [1.54, 1.807) is 6.20 Å². The number of nitrogens with zero attached hydrogens (tertiary/aromatic N) is 1. The zero-order chi connectivity index (χ0) is 6.69. The van der Waals surface area contributed by atoms with Crippen molar-refractivity contribution in [3.63, 3.8) is 0 Å². The minimum absolute atomic E-state index is 0.0966. The number of aliphatic imine (C=N–C) groups is 1. The first-order chi connectivity index (χ1) is 4.30. The van der Waals surface area contributed by atoms with Crippen molar-refractivity contribution in [3.05, 3.63) is 12.3 Å². The highest BCUT2D eigenvalue weighted by atomic mass is 14.8. The smallest absolute Gasteiger partial charge is 0.137 e. The fourth-order valence-electron chi connectivity index (χ4n) is 0.706. The van der Waals surface area contributed by atoms with Crippen LogP contribution in [0.4, 0.5) is 0 Å².